The van der Waals surface area contributed by atoms with Crippen molar-refractivity contribution in [1.29, 1.82) is 0 Å². The first-order valence-corrected chi connectivity index (χ1v) is 14.9. The normalized spacial score (nSPS) is 12.1. The van der Waals surface area contributed by atoms with E-state index in [1.165, 1.54) is 27.7 Å². The first-order chi connectivity index (χ1) is 20.7. The molecule has 0 N–H and O–H groups in total. The Labute approximate surface area is 259 Å². The van der Waals surface area contributed by atoms with Crippen LogP contribution in [-0.2, 0) is 32.2 Å². The maximum Gasteiger partial charge on any atom is 0.435 e. The van der Waals surface area contributed by atoms with Gasteiger partial charge in [-0.15, -0.1) is 11.3 Å². The summed E-state index contributed by atoms with van der Waals surface area (Å²) in [7, 11) is 1.29. The molecule has 0 atom stereocenters. The van der Waals surface area contributed by atoms with Gasteiger partial charge in [0, 0.05) is 10.3 Å². The number of esters is 1. The second-order valence-corrected chi connectivity index (χ2v) is 13.4. The fourth-order valence-electron chi connectivity index (χ4n) is 4.61. The minimum Gasteiger partial charge on any atom is -0.465 e. The molecule has 0 spiro atoms. The minimum atomic E-state index is -0.803. The summed E-state index contributed by atoms with van der Waals surface area (Å²) in [5.74, 6) is -0.541. The molecule has 5 aromatic rings. The van der Waals surface area contributed by atoms with Gasteiger partial charge in [0.2, 0.25) is 0 Å². The molecule has 44 heavy (non-hydrogen) atoms. The van der Waals surface area contributed by atoms with Crippen molar-refractivity contribution in [2.75, 3.05) is 7.11 Å². The number of rotatable bonds is 6. The predicted octanol–water partition coefficient (Wildman–Crippen LogP) is 7.79. The lowest BCUT2D eigenvalue weighted by Gasteiger charge is -2.21. The zero-order valence-electron chi connectivity index (χ0n) is 25.8. The first kappa shape index (κ1) is 31.0. The molecule has 11 heteroatoms. The summed E-state index contributed by atoms with van der Waals surface area (Å²) in [4.78, 5) is 40.3. The number of carbonyl (C=O) groups excluding carboxylic acids is 3. The van der Waals surface area contributed by atoms with Crippen molar-refractivity contribution in [1.82, 2.24) is 14.3 Å². The summed E-state index contributed by atoms with van der Waals surface area (Å²) in [5.41, 5.74) is 1.48. The molecular formula is C33H35N3O7S. The van der Waals surface area contributed by atoms with Crippen LogP contribution in [0.4, 0.5) is 9.59 Å². The van der Waals surface area contributed by atoms with E-state index in [2.05, 4.69) is 5.10 Å². The average Bonchev–Trinajstić information content (AvgIpc) is 3.62. The van der Waals surface area contributed by atoms with E-state index in [1.807, 2.05) is 36.4 Å². The Morgan fingerprint density at radius 2 is 1.50 bits per heavy atom. The molecule has 0 aliphatic heterocycles. The Hall–Kier alpha value is -4.48. The third-order valence-electron chi connectivity index (χ3n) is 6.37. The van der Waals surface area contributed by atoms with Crippen molar-refractivity contribution in [2.24, 2.45) is 0 Å². The standard InChI is InChI=1S/C33H35N3O7S/c1-32(2,3)42-30(38)35-24-16-22(29(37)40-7)14-13-21(24)15-25(35)27-28-26(36(34-27)31(39)43-33(4,5)6)17-23(44-28)19-41-18-20-11-9-8-10-12-20/h8-17H,18-19H2,1-7H3. The van der Waals surface area contributed by atoms with Crippen molar-refractivity contribution in [3.8, 4) is 11.4 Å². The summed E-state index contributed by atoms with van der Waals surface area (Å²) in [6.07, 6.45) is -1.32. The van der Waals surface area contributed by atoms with Gasteiger partial charge in [0.25, 0.3) is 0 Å². The highest BCUT2D eigenvalue weighted by Gasteiger charge is 2.29. The Morgan fingerprint density at radius 1 is 0.818 bits per heavy atom. The molecule has 2 aromatic carbocycles. The average molecular weight is 618 g/mol. The van der Waals surface area contributed by atoms with E-state index in [-0.39, 0.29) is 5.56 Å². The molecule has 0 bridgehead atoms. The number of ether oxygens (including phenoxy) is 4. The van der Waals surface area contributed by atoms with Gasteiger partial charge >= 0.3 is 18.2 Å². The number of hydrogen-bond acceptors (Lipinski definition) is 9. The van der Waals surface area contributed by atoms with E-state index in [1.54, 1.807) is 65.8 Å². The summed E-state index contributed by atoms with van der Waals surface area (Å²) < 4.78 is 25.6. The van der Waals surface area contributed by atoms with E-state index >= 15 is 0 Å². The Morgan fingerprint density at radius 3 is 2.16 bits per heavy atom. The summed E-state index contributed by atoms with van der Waals surface area (Å²) in [5, 5.41) is 5.34. The zero-order valence-corrected chi connectivity index (χ0v) is 26.6. The van der Waals surface area contributed by atoms with Crippen molar-refractivity contribution in [3.63, 3.8) is 0 Å². The largest absolute Gasteiger partial charge is 0.465 e. The molecule has 0 radical (unpaired) electrons. The Kier molecular flexibility index (Phi) is 8.37. The summed E-state index contributed by atoms with van der Waals surface area (Å²) in [6, 6.07) is 18.4. The lowest BCUT2D eigenvalue weighted by molar-refractivity contribution is 0.0520. The van der Waals surface area contributed by atoms with Gasteiger partial charge in [0.15, 0.2) is 0 Å². The van der Waals surface area contributed by atoms with Crippen LogP contribution in [-0.4, -0.2) is 50.8 Å². The topological polar surface area (TPSA) is 111 Å². The smallest absolute Gasteiger partial charge is 0.435 e. The number of aromatic nitrogens is 3. The van der Waals surface area contributed by atoms with Crippen molar-refractivity contribution in [2.45, 2.75) is 66.0 Å². The van der Waals surface area contributed by atoms with Gasteiger partial charge in [-0.2, -0.15) is 9.78 Å². The maximum atomic E-state index is 13.7. The quantitative estimate of drug-likeness (QED) is 0.140. The van der Waals surface area contributed by atoms with E-state index < -0.39 is 29.4 Å². The molecular weight excluding hydrogens is 582 g/mol. The van der Waals surface area contributed by atoms with Crippen LogP contribution in [0.3, 0.4) is 0 Å². The lowest BCUT2D eigenvalue weighted by Crippen LogP contribution is -2.28. The van der Waals surface area contributed by atoms with Crippen LogP contribution in [0.1, 0.15) is 62.3 Å². The Balaban J connectivity index is 1.66. The van der Waals surface area contributed by atoms with Gasteiger partial charge in [-0.3, -0.25) is 0 Å². The molecule has 230 valence electrons. The molecule has 0 amide bonds. The highest BCUT2D eigenvalue weighted by molar-refractivity contribution is 7.19. The molecule has 3 aromatic heterocycles. The number of nitrogens with zero attached hydrogens (tertiary/aromatic N) is 3. The van der Waals surface area contributed by atoms with E-state index in [0.29, 0.717) is 45.7 Å². The summed E-state index contributed by atoms with van der Waals surface area (Å²) >= 11 is 1.41. The van der Waals surface area contributed by atoms with E-state index in [4.69, 9.17) is 18.9 Å². The van der Waals surface area contributed by atoms with E-state index in [9.17, 15) is 14.4 Å². The third kappa shape index (κ3) is 6.68. The molecule has 0 fully saturated rings. The maximum absolute atomic E-state index is 13.7. The van der Waals surface area contributed by atoms with Crippen LogP contribution < -0.4 is 0 Å². The highest BCUT2D eigenvalue weighted by atomic mass is 32.1. The number of fused-ring (bicyclic) bond motifs is 2. The van der Waals surface area contributed by atoms with Crippen LogP contribution in [0, 0.1) is 0 Å². The van der Waals surface area contributed by atoms with Gasteiger partial charge in [-0.25, -0.2) is 19.0 Å². The zero-order chi connectivity index (χ0) is 31.8. The van der Waals surface area contributed by atoms with Crippen LogP contribution >= 0.6 is 11.3 Å². The van der Waals surface area contributed by atoms with Gasteiger partial charge < -0.3 is 18.9 Å². The first-order valence-electron chi connectivity index (χ1n) is 14.1. The van der Waals surface area contributed by atoms with Crippen LogP contribution in [0.25, 0.3) is 32.5 Å². The second kappa shape index (κ2) is 11.9. The number of carbonyl (C=O) groups is 3. The van der Waals surface area contributed by atoms with Crippen LogP contribution in [0.5, 0.6) is 0 Å². The van der Waals surface area contributed by atoms with E-state index in [0.717, 1.165) is 10.4 Å². The van der Waals surface area contributed by atoms with Gasteiger partial charge in [0.05, 0.1) is 47.3 Å². The fraction of sp³-hybridized carbons (Fsp3) is 0.333. The van der Waals surface area contributed by atoms with Crippen molar-refractivity contribution >= 4 is 50.6 Å². The number of hydrogen-bond donors (Lipinski definition) is 0. The molecule has 0 saturated heterocycles. The molecule has 0 aliphatic rings. The number of thiophene rings is 1. The molecule has 0 saturated carbocycles. The molecule has 10 nitrogen and oxygen atoms in total. The lowest BCUT2D eigenvalue weighted by atomic mass is 10.1. The predicted molar refractivity (Wildman–Crippen MR) is 168 cm³/mol. The second-order valence-electron chi connectivity index (χ2n) is 12.3. The molecule has 0 aliphatic carbocycles. The van der Waals surface area contributed by atoms with Gasteiger partial charge in [0.1, 0.15) is 16.9 Å². The SMILES string of the molecule is COC(=O)c1ccc2cc(-c3nn(C(=O)OC(C)(C)C)c4cc(COCc5ccccc5)sc34)n(C(=O)OC(C)(C)C)c2c1. The molecule has 3 heterocycles. The molecule has 0 unspecified atom stereocenters. The van der Waals surface area contributed by atoms with Gasteiger partial charge in [-0.05, 0) is 71.4 Å². The van der Waals surface area contributed by atoms with Gasteiger partial charge in [-0.1, -0.05) is 36.4 Å². The minimum absolute atomic E-state index is 0.271. The van der Waals surface area contributed by atoms with Crippen molar-refractivity contribution < 1.29 is 33.3 Å². The third-order valence-corrected chi connectivity index (χ3v) is 7.48. The number of methoxy groups -OCH3 is 1. The summed E-state index contributed by atoms with van der Waals surface area (Å²) in [6.45, 7) is 11.4. The van der Waals surface area contributed by atoms with Crippen LogP contribution in [0.15, 0.2) is 60.7 Å². The Bertz CT molecular complexity index is 1850. The fourth-order valence-corrected chi connectivity index (χ4v) is 5.68. The monoisotopic (exact) mass is 617 g/mol. The van der Waals surface area contributed by atoms with Crippen LogP contribution in [0.2, 0.25) is 0 Å². The highest BCUT2D eigenvalue weighted by Crippen LogP contribution is 2.38. The number of benzene rings is 2. The molecule has 5 rings (SSSR count). The van der Waals surface area contributed by atoms with Crippen molar-refractivity contribution in [3.05, 3.63) is 76.7 Å².